The Hall–Kier alpha value is -1.11. The fourth-order valence-corrected chi connectivity index (χ4v) is 1.16. The quantitative estimate of drug-likeness (QED) is 0.775. The van der Waals surface area contributed by atoms with Crippen molar-refractivity contribution >= 4 is 16.7 Å². The molecule has 0 bridgehead atoms. The molecule has 1 aromatic rings. The highest BCUT2D eigenvalue weighted by atomic mass is 32.1. The molecule has 0 unspecified atom stereocenters. The van der Waals surface area contributed by atoms with Crippen LogP contribution in [-0.2, 0) is 6.18 Å². The first-order valence-corrected chi connectivity index (χ1v) is 4.07. The monoisotopic (exact) mass is 209 g/mol. The largest absolute Gasteiger partial charge is 0.452 e. The molecule has 1 N–H and O–H groups in total. The van der Waals surface area contributed by atoms with Gasteiger partial charge in [-0.1, -0.05) is 6.08 Å². The van der Waals surface area contributed by atoms with E-state index in [0.717, 1.165) is 0 Å². The fraction of sp³-hybridized carbons (Fsp3) is 0.333. The molecule has 1 heterocycles. The molecule has 7 heteroatoms. The first-order valence-electron chi connectivity index (χ1n) is 3.29. The lowest BCUT2D eigenvalue weighted by Crippen LogP contribution is -2.07. The molecular weight excluding hydrogens is 203 g/mol. The zero-order valence-electron chi connectivity index (χ0n) is 6.43. The van der Waals surface area contributed by atoms with Gasteiger partial charge < -0.3 is 5.32 Å². The number of rotatable bonds is 3. The molecule has 13 heavy (non-hydrogen) atoms. The maximum atomic E-state index is 12.0. The molecule has 0 aliphatic heterocycles. The Morgan fingerprint density at radius 3 is 2.69 bits per heavy atom. The molecule has 72 valence electrons. The minimum atomic E-state index is -4.47. The molecule has 0 radical (unpaired) electrons. The summed E-state index contributed by atoms with van der Waals surface area (Å²) in [5, 5.41) is 2.76. The van der Waals surface area contributed by atoms with Gasteiger partial charge in [-0.3, -0.25) is 0 Å². The second kappa shape index (κ2) is 3.73. The van der Waals surface area contributed by atoms with E-state index in [4.69, 9.17) is 0 Å². The van der Waals surface area contributed by atoms with E-state index in [1.54, 1.807) is 0 Å². The summed E-state index contributed by atoms with van der Waals surface area (Å²) in [6, 6.07) is 0. The second-order valence-corrected chi connectivity index (χ2v) is 2.84. The van der Waals surface area contributed by atoms with Crippen molar-refractivity contribution in [1.29, 1.82) is 0 Å². The highest BCUT2D eigenvalue weighted by molar-refractivity contribution is 7.09. The minimum absolute atomic E-state index is 0.146. The summed E-state index contributed by atoms with van der Waals surface area (Å²) >= 11 is 0.676. The predicted octanol–water partition coefficient (Wildman–Crippen LogP) is 2.15. The lowest BCUT2D eigenvalue weighted by Gasteiger charge is -1.98. The molecule has 0 atom stereocenters. The van der Waals surface area contributed by atoms with Gasteiger partial charge in [-0.05, 0) is 0 Å². The summed E-state index contributed by atoms with van der Waals surface area (Å²) < 4.78 is 39.0. The van der Waals surface area contributed by atoms with Crippen LogP contribution in [0.3, 0.4) is 0 Å². The van der Waals surface area contributed by atoms with E-state index in [9.17, 15) is 13.2 Å². The number of hydrogen-bond donors (Lipinski definition) is 1. The Bertz CT molecular complexity index is 294. The van der Waals surface area contributed by atoms with Crippen LogP contribution in [0.25, 0.3) is 0 Å². The lowest BCUT2D eigenvalue weighted by atomic mass is 10.6. The van der Waals surface area contributed by atoms with Crippen molar-refractivity contribution in [2.24, 2.45) is 0 Å². The van der Waals surface area contributed by atoms with Gasteiger partial charge in [0.2, 0.25) is 11.0 Å². The second-order valence-electron chi connectivity index (χ2n) is 2.09. The standard InChI is InChI=1S/C6H6F3N3S/c1-2-3-10-5-11-4(12-13-5)6(7,8)9/h2H,1,3H2,(H,10,11,12). The zero-order chi connectivity index (χ0) is 9.90. The van der Waals surface area contributed by atoms with Gasteiger partial charge in [0.15, 0.2) is 0 Å². The third kappa shape index (κ3) is 2.69. The Labute approximate surface area is 76.5 Å². The summed E-state index contributed by atoms with van der Waals surface area (Å²) in [6.45, 7) is 3.77. The number of nitrogens with zero attached hydrogens (tertiary/aromatic N) is 2. The third-order valence-electron chi connectivity index (χ3n) is 1.08. The van der Waals surface area contributed by atoms with Crippen molar-refractivity contribution in [2.45, 2.75) is 6.18 Å². The maximum Gasteiger partial charge on any atom is 0.452 e. The molecule has 1 rings (SSSR count). The van der Waals surface area contributed by atoms with Crippen LogP contribution in [-0.4, -0.2) is 15.9 Å². The van der Waals surface area contributed by atoms with Crippen molar-refractivity contribution in [1.82, 2.24) is 9.36 Å². The molecule has 0 saturated heterocycles. The Morgan fingerprint density at radius 2 is 2.23 bits per heavy atom. The van der Waals surface area contributed by atoms with Crippen LogP contribution in [0, 0.1) is 0 Å². The van der Waals surface area contributed by atoms with Crippen molar-refractivity contribution < 1.29 is 13.2 Å². The number of halogens is 3. The van der Waals surface area contributed by atoms with E-state index in [1.807, 2.05) is 0 Å². The van der Waals surface area contributed by atoms with Gasteiger partial charge in [-0.25, -0.2) is 0 Å². The lowest BCUT2D eigenvalue weighted by molar-refractivity contribution is -0.144. The number of hydrogen-bond acceptors (Lipinski definition) is 4. The van der Waals surface area contributed by atoms with E-state index in [0.29, 0.717) is 18.1 Å². The molecular formula is C6H6F3N3S. The normalized spacial score (nSPS) is 11.3. The van der Waals surface area contributed by atoms with Crippen LogP contribution in [0.5, 0.6) is 0 Å². The first kappa shape index (κ1) is 9.97. The van der Waals surface area contributed by atoms with Crippen LogP contribution in [0.15, 0.2) is 12.7 Å². The molecule has 0 aliphatic carbocycles. The molecule has 0 saturated carbocycles. The van der Waals surface area contributed by atoms with Gasteiger partial charge in [0.25, 0.3) is 0 Å². The summed E-state index contributed by atoms with van der Waals surface area (Å²) in [7, 11) is 0. The van der Waals surface area contributed by atoms with Crippen molar-refractivity contribution in [3.8, 4) is 0 Å². The third-order valence-corrected chi connectivity index (χ3v) is 1.75. The number of nitrogens with one attached hydrogen (secondary N) is 1. The van der Waals surface area contributed by atoms with Gasteiger partial charge in [-0.2, -0.15) is 22.5 Å². The van der Waals surface area contributed by atoms with Crippen LogP contribution < -0.4 is 5.32 Å². The van der Waals surface area contributed by atoms with E-state index < -0.39 is 12.0 Å². The average Bonchev–Trinajstić information content (AvgIpc) is 2.47. The molecule has 0 aromatic carbocycles. The van der Waals surface area contributed by atoms with Crippen LogP contribution in [0.1, 0.15) is 5.82 Å². The number of alkyl halides is 3. The highest BCUT2D eigenvalue weighted by Gasteiger charge is 2.35. The Balaban J connectivity index is 2.69. The van der Waals surface area contributed by atoms with Crippen LogP contribution in [0.2, 0.25) is 0 Å². The van der Waals surface area contributed by atoms with Gasteiger partial charge >= 0.3 is 6.18 Å². The highest BCUT2D eigenvalue weighted by Crippen LogP contribution is 2.28. The summed E-state index contributed by atoms with van der Waals surface area (Å²) in [5.41, 5.74) is 0. The van der Waals surface area contributed by atoms with Crippen LogP contribution in [0.4, 0.5) is 18.3 Å². The molecule has 0 fully saturated rings. The van der Waals surface area contributed by atoms with Gasteiger partial charge in [-0.15, -0.1) is 6.58 Å². The minimum Gasteiger partial charge on any atom is -0.357 e. The molecule has 0 amide bonds. The van der Waals surface area contributed by atoms with E-state index in [1.165, 1.54) is 6.08 Å². The van der Waals surface area contributed by atoms with Crippen molar-refractivity contribution in [3.05, 3.63) is 18.5 Å². The Morgan fingerprint density at radius 1 is 1.54 bits per heavy atom. The fourth-order valence-electron chi connectivity index (χ4n) is 0.570. The van der Waals surface area contributed by atoms with Gasteiger partial charge in [0.1, 0.15) is 0 Å². The topological polar surface area (TPSA) is 37.8 Å². The number of aromatic nitrogens is 2. The average molecular weight is 209 g/mol. The molecule has 0 aliphatic rings. The summed E-state index contributed by atoms with van der Waals surface area (Å²) in [5.74, 6) is -1.11. The SMILES string of the molecule is C=CCNc1nc(C(F)(F)F)ns1. The van der Waals surface area contributed by atoms with E-state index >= 15 is 0 Å². The zero-order valence-corrected chi connectivity index (χ0v) is 7.24. The van der Waals surface area contributed by atoms with Gasteiger partial charge in [0.05, 0.1) is 0 Å². The Kier molecular flexibility index (Phi) is 2.86. The molecule has 0 spiro atoms. The van der Waals surface area contributed by atoms with Gasteiger partial charge in [0, 0.05) is 18.1 Å². The smallest absolute Gasteiger partial charge is 0.357 e. The van der Waals surface area contributed by atoms with Crippen LogP contribution >= 0.6 is 11.5 Å². The van der Waals surface area contributed by atoms with Crippen molar-refractivity contribution in [3.63, 3.8) is 0 Å². The van der Waals surface area contributed by atoms with E-state index in [-0.39, 0.29) is 5.13 Å². The summed E-state index contributed by atoms with van der Waals surface area (Å²) in [6.07, 6.45) is -2.95. The predicted molar refractivity (Wildman–Crippen MR) is 43.6 cm³/mol. The van der Waals surface area contributed by atoms with Crippen molar-refractivity contribution in [2.75, 3.05) is 11.9 Å². The maximum absolute atomic E-state index is 12.0. The first-order chi connectivity index (χ1) is 6.04. The summed E-state index contributed by atoms with van der Waals surface area (Å²) in [4.78, 5) is 3.24. The molecule has 1 aromatic heterocycles. The number of anilines is 1. The van der Waals surface area contributed by atoms with E-state index in [2.05, 4.69) is 21.3 Å². The molecule has 3 nitrogen and oxygen atoms in total.